The van der Waals surface area contributed by atoms with Crippen LogP contribution in [0.25, 0.3) is 0 Å². The summed E-state index contributed by atoms with van der Waals surface area (Å²) in [6, 6.07) is 9.43. The Morgan fingerprint density at radius 3 is 2.43 bits per heavy atom. The van der Waals surface area contributed by atoms with Gasteiger partial charge in [0.1, 0.15) is 18.4 Å². The molecule has 0 aromatic heterocycles. The van der Waals surface area contributed by atoms with Gasteiger partial charge in [0.05, 0.1) is 28.5 Å². The third-order valence-electron chi connectivity index (χ3n) is 4.49. The maximum absolute atomic E-state index is 12.8. The Kier molecular flexibility index (Phi) is 8.41. The molecule has 1 amide bonds. The molecule has 0 radical (unpaired) electrons. The van der Waals surface area contributed by atoms with Crippen molar-refractivity contribution in [1.82, 2.24) is 5.32 Å². The number of carbonyl (C=O) groups is 1. The number of rotatable bonds is 9. The summed E-state index contributed by atoms with van der Waals surface area (Å²) in [5, 5.41) is 3.27. The van der Waals surface area contributed by atoms with E-state index in [4.69, 9.17) is 27.9 Å². The first-order chi connectivity index (χ1) is 14.0. The fourth-order valence-electron chi connectivity index (χ4n) is 3.00. The van der Waals surface area contributed by atoms with Crippen molar-refractivity contribution in [3.63, 3.8) is 0 Å². The number of hydrogen-bond donors (Lipinski definition) is 1. The van der Waals surface area contributed by atoms with E-state index in [1.54, 1.807) is 6.92 Å². The van der Waals surface area contributed by atoms with Crippen molar-refractivity contribution in [2.24, 2.45) is 0 Å². The largest absolute Gasteiger partial charge is 0.491 e. The molecule has 0 bridgehead atoms. The first-order valence-corrected chi connectivity index (χ1v) is 12.1. The quantitative estimate of drug-likeness (QED) is 0.550. The number of ether oxygens (including phenoxy) is 1. The van der Waals surface area contributed by atoms with Crippen LogP contribution in [0.5, 0.6) is 5.75 Å². The predicted molar refractivity (Wildman–Crippen MR) is 122 cm³/mol. The number of carbonyl (C=O) groups excluding carboxylic acids is 1. The standard InChI is InChI=1S/C21H26Cl2N2O4S/c1-5-19(25(30(4,27)28)16-8-9-17(22)18(23)13-16)21(26)24-10-11-29-20-12-14(2)6-7-15(20)3/h6-9,12-13,19H,5,10-11H2,1-4H3,(H,24,26)/t19-/m0/s1. The van der Waals surface area contributed by atoms with Crippen molar-refractivity contribution < 1.29 is 17.9 Å². The average Bonchev–Trinajstić information content (AvgIpc) is 2.67. The summed E-state index contributed by atoms with van der Waals surface area (Å²) in [4.78, 5) is 12.8. The highest BCUT2D eigenvalue weighted by Gasteiger charge is 2.31. The van der Waals surface area contributed by atoms with Gasteiger partial charge in [-0.25, -0.2) is 8.42 Å². The number of sulfonamides is 1. The monoisotopic (exact) mass is 472 g/mol. The molecular formula is C21H26Cl2N2O4S. The maximum atomic E-state index is 12.8. The number of halogens is 2. The van der Waals surface area contributed by atoms with Crippen LogP contribution in [0.4, 0.5) is 5.69 Å². The molecule has 6 nitrogen and oxygen atoms in total. The van der Waals surface area contributed by atoms with E-state index in [-0.39, 0.29) is 30.3 Å². The van der Waals surface area contributed by atoms with E-state index in [0.29, 0.717) is 5.02 Å². The van der Waals surface area contributed by atoms with Gasteiger partial charge in [0.25, 0.3) is 0 Å². The van der Waals surface area contributed by atoms with Crippen LogP contribution in [0.15, 0.2) is 36.4 Å². The van der Waals surface area contributed by atoms with Crippen LogP contribution >= 0.6 is 23.2 Å². The summed E-state index contributed by atoms with van der Waals surface area (Å²) < 4.78 is 31.7. The van der Waals surface area contributed by atoms with Crippen molar-refractivity contribution in [1.29, 1.82) is 0 Å². The van der Waals surface area contributed by atoms with Crippen molar-refractivity contribution in [2.45, 2.75) is 33.2 Å². The Bertz CT molecular complexity index is 1010. The van der Waals surface area contributed by atoms with Crippen molar-refractivity contribution in [2.75, 3.05) is 23.7 Å². The molecular weight excluding hydrogens is 447 g/mol. The molecule has 1 atom stereocenters. The first-order valence-electron chi connectivity index (χ1n) is 9.46. The van der Waals surface area contributed by atoms with Gasteiger partial charge in [0, 0.05) is 0 Å². The van der Waals surface area contributed by atoms with Crippen LogP contribution in [-0.4, -0.2) is 39.8 Å². The summed E-state index contributed by atoms with van der Waals surface area (Å²) in [7, 11) is -3.75. The lowest BCUT2D eigenvalue weighted by atomic mass is 10.1. The molecule has 2 rings (SSSR count). The second-order valence-corrected chi connectivity index (χ2v) is 9.66. The summed E-state index contributed by atoms with van der Waals surface area (Å²) in [6.07, 6.45) is 1.33. The molecule has 0 aliphatic carbocycles. The van der Waals surface area contributed by atoms with Crippen LogP contribution in [0.2, 0.25) is 10.0 Å². The van der Waals surface area contributed by atoms with Crippen LogP contribution in [0.3, 0.4) is 0 Å². The molecule has 9 heteroatoms. The summed E-state index contributed by atoms with van der Waals surface area (Å²) in [5.74, 6) is 0.337. The molecule has 2 aromatic carbocycles. The predicted octanol–water partition coefficient (Wildman–Crippen LogP) is 4.35. The Labute approximate surface area is 188 Å². The molecule has 0 aliphatic rings. The van der Waals surface area contributed by atoms with E-state index in [9.17, 15) is 13.2 Å². The SMILES string of the molecule is CC[C@@H](C(=O)NCCOc1cc(C)ccc1C)N(c1ccc(Cl)c(Cl)c1)S(C)(=O)=O. The molecule has 0 saturated carbocycles. The summed E-state index contributed by atoms with van der Waals surface area (Å²) in [6.45, 7) is 6.16. The van der Waals surface area contributed by atoms with Gasteiger partial charge in [-0.15, -0.1) is 0 Å². The van der Waals surface area contributed by atoms with E-state index in [2.05, 4.69) is 5.32 Å². The van der Waals surface area contributed by atoms with Gasteiger partial charge >= 0.3 is 0 Å². The van der Waals surface area contributed by atoms with Gasteiger partial charge in [-0.1, -0.05) is 42.3 Å². The number of nitrogens with one attached hydrogen (secondary N) is 1. The van der Waals surface area contributed by atoms with Crippen LogP contribution < -0.4 is 14.4 Å². The topological polar surface area (TPSA) is 75.7 Å². The summed E-state index contributed by atoms with van der Waals surface area (Å²) in [5.41, 5.74) is 2.36. The van der Waals surface area contributed by atoms with E-state index >= 15 is 0 Å². The Hall–Kier alpha value is -1.96. The van der Waals surface area contributed by atoms with Crippen molar-refractivity contribution >= 4 is 44.8 Å². The van der Waals surface area contributed by atoms with Crippen LogP contribution in [0.1, 0.15) is 24.5 Å². The fraction of sp³-hybridized carbons (Fsp3) is 0.381. The van der Waals surface area contributed by atoms with E-state index < -0.39 is 22.0 Å². The Morgan fingerprint density at radius 1 is 1.13 bits per heavy atom. The number of nitrogens with zero attached hydrogens (tertiary/aromatic N) is 1. The number of aryl methyl sites for hydroxylation is 2. The zero-order valence-corrected chi connectivity index (χ0v) is 19.7. The number of anilines is 1. The highest BCUT2D eigenvalue weighted by molar-refractivity contribution is 7.92. The second-order valence-electron chi connectivity index (χ2n) is 6.99. The molecule has 164 valence electrons. The molecule has 0 unspecified atom stereocenters. The molecule has 0 aliphatic heterocycles. The molecule has 2 aromatic rings. The van der Waals surface area contributed by atoms with E-state index in [0.717, 1.165) is 27.4 Å². The molecule has 30 heavy (non-hydrogen) atoms. The van der Waals surface area contributed by atoms with Crippen LogP contribution in [-0.2, 0) is 14.8 Å². The minimum absolute atomic E-state index is 0.208. The van der Waals surface area contributed by atoms with E-state index in [1.807, 2.05) is 32.0 Å². The number of hydrogen-bond acceptors (Lipinski definition) is 4. The Morgan fingerprint density at radius 2 is 1.83 bits per heavy atom. The minimum Gasteiger partial charge on any atom is -0.491 e. The first kappa shape index (κ1) is 24.3. The normalized spacial score (nSPS) is 12.3. The highest BCUT2D eigenvalue weighted by Crippen LogP contribution is 2.30. The van der Waals surface area contributed by atoms with Gasteiger partial charge in [-0.05, 0) is 55.7 Å². The molecule has 0 fully saturated rings. The Balaban J connectivity index is 2.10. The lowest BCUT2D eigenvalue weighted by Gasteiger charge is -2.30. The minimum atomic E-state index is -3.75. The van der Waals surface area contributed by atoms with Crippen molar-refractivity contribution in [3.8, 4) is 5.75 Å². The average molecular weight is 473 g/mol. The van der Waals surface area contributed by atoms with Gasteiger partial charge in [0.15, 0.2) is 0 Å². The number of benzene rings is 2. The smallest absolute Gasteiger partial charge is 0.244 e. The molecule has 0 spiro atoms. The lowest BCUT2D eigenvalue weighted by Crippen LogP contribution is -2.50. The van der Waals surface area contributed by atoms with Gasteiger partial charge in [0.2, 0.25) is 15.9 Å². The van der Waals surface area contributed by atoms with Crippen LogP contribution in [0, 0.1) is 13.8 Å². The number of amides is 1. The molecule has 0 saturated heterocycles. The molecule has 1 N–H and O–H groups in total. The highest BCUT2D eigenvalue weighted by atomic mass is 35.5. The third kappa shape index (κ3) is 6.27. The summed E-state index contributed by atoms with van der Waals surface area (Å²) >= 11 is 12.0. The second kappa shape index (κ2) is 10.4. The zero-order valence-electron chi connectivity index (χ0n) is 17.4. The van der Waals surface area contributed by atoms with E-state index in [1.165, 1.54) is 18.2 Å². The zero-order chi connectivity index (χ0) is 22.5. The maximum Gasteiger partial charge on any atom is 0.244 e. The molecule has 0 heterocycles. The van der Waals surface area contributed by atoms with Gasteiger partial charge in [-0.3, -0.25) is 9.10 Å². The third-order valence-corrected chi connectivity index (χ3v) is 6.41. The van der Waals surface area contributed by atoms with Gasteiger partial charge in [-0.2, -0.15) is 0 Å². The van der Waals surface area contributed by atoms with Gasteiger partial charge < -0.3 is 10.1 Å². The fourth-order valence-corrected chi connectivity index (χ4v) is 4.49. The lowest BCUT2D eigenvalue weighted by molar-refractivity contribution is -0.122. The van der Waals surface area contributed by atoms with Crippen molar-refractivity contribution in [3.05, 3.63) is 57.6 Å².